The average Bonchev–Trinajstić information content (AvgIpc) is 2.19. The molecule has 0 rings (SSSR count). The van der Waals surface area contributed by atoms with Gasteiger partial charge >= 0.3 is 5.97 Å². The van der Waals surface area contributed by atoms with Crippen molar-refractivity contribution in [1.82, 2.24) is 0 Å². The van der Waals surface area contributed by atoms with Gasteiger partial charge in [0.2, 0.25) is 0 Å². The molecule has 0 aromatic carbocycles. The molecule has 90 valence electrons. The maximum absolute atomic E-state index is 11.2. The van der Waals surface area contributed by atoms with Crippen LogP contribution in [0.1, 0.15) is 0 Å². The zero-order valence-corrected chi connectivity index (χ0v) is 10.5. The van der Waals surface area contributed by atoms with Crippen LogP contribution in [0.3, 0.4) is 0 Å². The topological polar surface area (TPSA) is 87.0 Å². The van der Waals surface area contributed by atoms with Gasteiger partial charge in [-0.2, -0.15) is 0 Å². The number of ether oxygens (including phenoxy) is 1. The minimum Gasteiger partial charge on any atom is -0.463 e. The van der Waals surface area contributed by atoms with E-state index >= 15 is 0 Å². The number of aliphatic hydroxyl groups is 3. The molecule has 0 aliphatic heterocycles. The zero-order chi connectivity index (χ0) is 12.1. The second kappa shape index (κ2) is 6.21. The summed E-state index contributed by atoms with van der Waals surface area (Å²) in [5.41, 5.74) is -1.25. The SMILES string of the molecule is O=C(OCC(CO)(CO)CO)C(S)(S)S. The fourth-order valence-electron chi connectivity index (χ4n) is 0.602. The Kier molecular flexibility index (Phi) is 6.38. The molecule has 0 aromatic heterocycles. The molecule has 0 radical (unpaired) electrons. The van der Waals surface area contributed by atoms with Crippen LogP contribution in [-0.4, -0.2) is 51.1 Å². The summed E-state index contributed by atoms with van der Waals surface area (Å²) in [6.45, 7) is -1.86. The molecule has 8 heteroatoms. The van der Waals surface area contributed by atoms with E-state index in [2.05, 4.69) is 37.9 Å². The molecule has 0 aliphatic rings. The number of carbonyl (C=O) groups excluding carboxylic acids is 1. The van der Waals surface area contributed by atoms with Gasteiger partial charge in [0.15, 0.2) is 3.41 Å². The van der Waals surface area contributed by atoms with Crippen LogP contribution in [0.15, 0.2) is 0 Å². The van der Waals surface area contributed by atoms with Gasteiger partial charge in [-0.25, -0.2) is 4.79 Å². The molecular weight excluding hydrogens is 260 g/mol. The molecule has 0 unspecified atom stereocenters. The number of hydrogen-bond donors (Lipinski definition) is 6. The fraction of sp³-hybridized carbons (Fsp3) is 0.857. The summed E-state index contributed by atoms with van der Waals surface area (Å²) >= 11 is 11.2. The minimum absolute atomic E-state index is 0.335. The summed E-state index contributed by atoms with van der Waals surface area (Å²) < 4.78 is 3.15. The van der Waals surface area contributed by atoms with Gasteiger partial charge in [-0.3, -0.25) is 0 Å². The Morgan fingerprint density at radius 1 is 1.07 bits per heavy atom. The van der Waals surface area contributed by atoms with Crippen LogP contribution in [0.4, 0.5) is 0 Å². The minimum atomic E-state index is -1.55. The summed E-state index contributed by atoms with van der Waals surface area (Å²) in [7, 11) is 0. The standard InChI is InChI=1S/C7H14O5S3/c8-1-6(2-9,3-10)4-12-5(11)7(13,14)15/h8-10,13-15H,1-4H2. The number of rotatable bonds is 6. The van der Waals surface area contributed by atoms with E-state index in [1.807, 2.05) is 0 Å². The molecule has 0 heterocycles. The van der Waals surface area contributed by atoms with Crippen LogP contribution >= 0.6 is 37.9 Å². The van der Waals surface area contributed by atoms with Gasteiger partial charge in [0.05, 0.1) is 25.2 Å². The number of thiol groups is 3. The molecule has 0 aromatic rings. The third-order valence-electron chi connectivity index (χ3n) is 1.79. The highest BCUT2D eigenvalue weighted by molar-refractivity contribution is 8.18. The van der Waals surface area contributed by atoms with Gasteiger partial charge in [0.25, 0.3) is 0 Å². The van der Waals surface area contributed by atoms with Crippen LogP contribution < -0.4 is 0 Å². The lowest BCUT2D eigenvalue weighted by Gasteiger charge is -2.27. The summed E-state index contributed by atoms with van der Waals surface area (Å²) in [5.74, 6) is -0.836. The summed E-state index contributed by atoms with van der Waals surface area (Å²) in [6.07, 6.45) is 0. The lowest BCUT2D eigenvalue weighted by Crippen LogP contribution is -2.40. The smallest absolute Gasteiger partial charge is 0.342 e. The normalized spacial score (nSPS) is 12.7. The molecule has 0 spiro atoms. The van der Waals surface area contributed by atoms with Crippen LogP contribution in [0.25, 0.3) is 0 Å². The number of carbonyl (C=O) groups is 1. The van der Waals surface area contributed by atoms with Crippen LogP contribution in [0.5, 0.6) is 0 Å². The largest absolute Gasteiger partial charge is 0.463 e. The first-order valence-corrected chi connectivity index (χ1v) is 5.32. The maximum atomic E-state index is 11.2. The van der Waals surface area contributed by atoms with E-state index in [1.165, 1.54) is 0 Å². The molecule has 0 saturated heterocycles. The quantitative estimate of drug-likeness (QED) is 0.211. The van der Waals surface area contributed by atoms with Gasteiger partial charge in [-0.1, -0.05) is 0 Å². The maximum Gasteiger partial charge on any atom is 0.342 e. The van der Waals surface area contributed by atoms with E-state index in [0.29, 0.717) is 0 Å². The number of aliphatic hydroxyl groups excluding tert-OH is 3. The second-order valence-corrected chi connectivity index (χ2v) is 6.26. The fourth-order valence-corrected chi connectivity index (χ4v) is 0.796. The molecular formula is C7H14O5S3. The summed E-state index contributed by atoms with van der Waals surface area (Å²) in [4.78, 5) is 11.2. The van der Waals surface area contributed by atoms with Gasteiger partial charge in [0.1, 0.15) is 6.61 Å². The van der Waals surface area contributed by atoms with E-state index in [0.717, 1.165) is 0 Å². The van der Waals surface area contributed by atoms with Crippen molar-refractivity contribution in [3.8, 4) is 0 Å². The van der Waals surface area contributed by atoms with Crippen LogP contribution in [0, 0.1) is 5.41 Å². The van der Waals surface area contributed by atoms with E-state index in [1.54, 1.807) is 0 Å². The Morgan fingerprint density at radius 3 is 1.73 bits per heavy atom. The molecule has 5 nitrogen and oxygen atoms in total. The second-order valence-electron chi connectivity index (χ2n) is 3.19. The Hall–Kier alpha value is 0.400. The van der Waals surface area contributed by atoms with Crippen molar-refractivity contribution in [3.05, 3.63) is 0 Å². The monoisotopic (exact) mass is 274 g/mol. The molecule has 0 saturated carbocycles. The highest BCUT2D eigenvalue weighted by atomic mass is 32.2. The van der Waals surface area contributed by atoms with Crippen LogP contribution in [0.2, 0.25) is 0 Å². The van der Waals surface area contributed by atoms with Gasteiger partial charge in [-0.05, 0) is 0 Å². The lowest BCUT2D eigenvalue weighted by molar-refractivity contribution is -0.149. The highest BCUT2D eigenvalue weighted by Crippen LogP contribution is 2.27. The van der Waals surface area contributed by atoms with Crippen molar-refractivity contribution >= 4 is 43.9 Å². The van der Waals surface area contributed by atoms with Crippen molar-refractivity contribution in [2.24, 2.45) is 5.41 Å². The van der Waals surface area contributed by atoms with E-state index in [9.17, 15) is 4.79 Å². The Bertz CT molecular complexity index is 203. The van der Waals surface area contributed by atoms with Gasteiger partial charge in [-0.15, -0.1) is 37.9 Å². The van der Waals surface area contributed by atoms with Crippen LogP contribution in [-0.2, 0) is 9.53 Å². The predicted molar refractivity (Wildman–Crippen MR) is 64.3 cm³/mol. The molecule has 0 fully saturated rings. The number of hydrogen-bond acceptors (Lipinski definition) is 8. The molecule has 0 amide bonds. The van der Waals surface area contributed by atoms with Crippen molar-refractivity contribution in [3.63, 3.8) is 0 Å². The van der Waals surface area contributed by atoms with Crippen molar-refractivity contribution in [1.29, 1.82) is 0 Å². The van der Waals surface area contributed by atoms with E-state index in [4.69, 9.17) is 20.1 Å². The molecule has 15 heavy (non-hydrogen) atoms. The average molecular weight is 274 g/mol. The molecule has 0 aliphatic carbocycles. The Morgan fingerprint density at radius 2 is 1.47 bits per heavy atom. The number of esters is 1. The first-order valence-electron chi connectivity index (χ1n) is 3.98. The summed E-state index contributed by atoms with van der Waals surface area (Å²) in [6, 6.07) is 0. The van der Waals surface area contributed by atoms with E-state index < -0.39 is 34.6 Å². The Labute approximate surface area is 104 Å². The van der Waals surface area contributed by atoms with Gasteiger partial charge < -0.3 is 20.1 Å². The Balaban J connectivity index is 4.29. The van der Waals surface area contributed by atoms with Crippen molar-refractivity contribution in [2.45, 2.75) is 3.41 Å². The van der Waals surface area contributed by atoms with Crippen molar-refractivity contribution in [2.75, 3.05) is 26.4 Å². The third-order valence-corrected chi connectivity index (χ3v) is 2.34. The molecule has 0 bridgehead atoms. The van der Waals surface area contributed by atoms with Gasteiger partial charge in [0, 0.05) is 0 Å². The first kappa shape index (κ1) is 15.4. The lowest BCUT2D eigenvalue weighted by atomic mass is 9.93. The van der Waals surface area contributed by atoms with Crippen molar-refractivity contribution < 1.29 is 24.9 Å². The summed E-state index contributed by atoms with van der Waals surface area (Å²) in [5, 5.41) is 26.8. The zero-order valence-electron chi connectivity index (χ0n) is 7.83. The molecule has 0 atom stereocenters. The highest BCUT2D eigenvalue weighted by Gasteiger charge is 2.33. The first-order chi connectivity index (χ1) is 6.81. The predicted octanol–water partition coefficient (Wildman–Crippen LogP) is -1.06. The molecule has 3 N–H and O–H groups in total. The van der Waals surface area contributed by atoms with E-state index in [-0.39, 0.29) is 6.61 Å². The third kappa shape index (κ3) is 4.83.